The Hall–Kier alpha value is -3.15. The minimum Gasteiger partial charge on any atom is -0.454 e. The zero-order chi connectivity index (χ0) is 15.6. The summed E-state index contributed by atoms with van der Waals surface area (Å²) in [6.07, 6.45) is 3.17. The van der Waals surface area contributed by atoms with Crippen LogP contribution in [0.3, 0.4) is 0 Å². The Kier molecular flexibility index (Phi) is 3.27. The highest BCUT2D eigenvalue weighted by Gasteiger charge is 2.14. The van der Waals surface area contributed by atoms with E-state index in [1.807, 2.05) is 18.2 Å². The summed E-state index contributed by atoms with van der Waals surface area (Å²) in [5.74, 6) is 2.47. The lowest BCUT2D eigenvalue weighted by molar-refractivity contribution is -0.111. The molecule has 6 heteroatoms. The molecule has 2 heterocycles. The van der Waals surface area contributed by atoms with Gasteiger partial charge in [0.1, 0.15) is 0 Å². The Morgan fingerprint density at radius 1 is 0.870 bits per heavy atom. The Morgan fingerprint density at radius 2 is 1.52 bits per heavy atom. The fourth-order valence-corrected chi connectivity index (χ4v) is 2.35. The van der Waals surface area contributed by atoms with Gasteiger partial charge in [0.2, 0.25) is 19.5 Å². The normalized spacial score (nSPS) is 14.3. The van der Waals surface area contributed by atoms with E-state index in [9.17, 15) is 4.79 Å². The molecule has 0 saturated heterocycles. The van der Waals surface area contributed by atoms with Crippen molar-refractivity contribution in [2.45, 2.75) is 0 Å². The molecule has 0 spiro atoms. The average Bonchev–Trinajstić information content (AvgIpc) is 3.20. The molecule has 1 N–H and O–H groups in total. The van der Waals surface area contributed by atoms with Crippen molar-refractivity contribution < 1.29 is 23.7 Å². The van der Waals surface area contributed by atoms with E-state index in [4.69, 9.17) is 18.9 Å². The molecule has 116 valence electrons. The standard InChI is InChI=1S/C17H13NO5/c19-17(18-12-3-5-14-16(8-12)23-10-21-14)6-2-11-1-4-13-15(7-11)22-9-20-13/h1-8H,9-10H2,(H,18,19)/b6-2+. The lowest BCUT2D eigenvalue weighted by Crippen LogP contribution is -2.07. The van der Waals surface area contributed by atoms with E-state index in [0.29, 0.717) is 28.7 Å². The minimum absolute atomic E-state index is 0.205. The van der Waals surface area contributed by atoms with Crippen LogP contribution in [-0.4, -0.2) is 19.5 Å². The molecule has 2 aliphatic rings. The summed E-state index contributed by atoms with van der Waals surface area (Å²) < 4.78 is 21.1. The second-order valence-electron chi connectivity index (χ2n) is 5.00. The van der Waals surface area contributed by atoms with E-state index in [-0.39, 0.29) is 19.5 Å². The van der Waals surface area contributed by atoms with Crippen LogP contribution in [0.1, 0.15) is 5.56 Å². The number of anilines is 1. The largest absolute Gasteiger partial charge is 0.454 e. The fraction of sp³-hybridized carbons (Fsp3) is 0.118. The summed E-state index contributed by atoms with van der Waals surface area (Å²) in [5.41, 5.74) is 1.50. The second kappa shape index (κ2) is 5.57. The lowest BCUT2D eigenvalue weighted by Gasteiger charge is -2.03. The van der Waals surface area contributed by atoms with Gasteiger partial charge in [-0.25, -0.2) is 0 Å². The smallest absolute Gasteiger partial charge is 0.248 e. The molecule has 0 saturated carbocycles. The van der Waals surface area contributed by atoms with E-state index in [0.717, 1.165) is 5.56 Å². The van der Waals surface area contributed by atoms with E-state index in [1.165, 1.54) is 6.08 Å². The van der Waals surface area contributed by atoms with Gasteiger partial charge in [0.25, 0.3) is 0 Å². The molecule has 0 unspecified atom stereocenters. The molecule has 4 rings (SSSR count). The summed E-state index contributed by atoms with van der Waals surface area (Å²) in [4.78, 5) is 12.0. The number of ether oxygens (including phenoxy) is 4. The number of carbonyl (C=O) groups is 1. The third-order valence-corrected chi connectivity index (χ3v) is 3.46. The van der Waals surface area contributed by atoms with Gasteiger partial charge in [-0.3, -0.25) is 4.79 Å². The SMILES string of the molecule is O=C(/C=C/c1ccc2c(c1)OCO2)Nc1ccc2c(c1)OCO2. The molecule has 6 nitrogen and oxygen atoms in total. The predicted molar refractivity (Wildman–Crippen MR) is 82.8 cm³/mol. The summed E-state index contributed by atoms with van der Waals surface area (Å²) >= 11 is 0. The lowest BCUT2D eigenvalue weighted by atomic mass is 10.2. The van der Waals surface area contributed by atoms with Crippen LogP contribution in [0.4, 0.5) is 5.69 Å². The number of hydrogen-bond donors (Lipinski definition) is 1. The molecule has 0 radical (unpaired) electrons. The van der Waals surface area contributed by atoms with E-state index >= 15 is 0 Å². The molecule has 2 aliphatic heterocycles. The summed E-state index contributed by atoms with van der Waals surface area (Å²) in [6.45, 7) is 0.434. The molecule has 0 aromatic heterocycles. The highest BCUT2D eigenvalue weighted by atomic mass is 16.7. The molecule has 0 bridgehead atoms. The topological polar surface area (TPSA) is 66.0 Å². The maximum Gasteiger partial charge on any atom is 0.248 e. The van der Waals surface area contributed by atoms with Gasteiger partial charge in [-0.15, -0.1) is 0 Å². The Labute approximate surface area is 132 Å². The summed E-state index contributed by atoms with van der Waals surface area (Å²) in [7, 11) is 0. The van der Waals surface area contributed by atoms with Gasteiger partial charge in [0.15, 0.2) is 23.0 Å². The number of benzene rings is 2. The van der Waals surface area contributed by atoms with Crippen LogP contribution in [-0.2, 0) is 4.79 Å². The number of amides is 1. The molecule has 1 amide bonds. The monoisotopic (exact) mass is 311 g/mol. The zero-order valence-electron chi connectivity index (χ0n) is 12.1. The zero-order valence-corrected chi connectivity index (χ0v) is 12.1. The van der Waals surface area contributed by atoms with Gasteiger partial charge in [0, 0.05) is 17.8 Å². The first-order valence-corrected chi connectivity index (χ1v) is 7.06. The second-order valence-corrected chi connectivity index (χ2v) is 5.00. The van der Waals surface area contributed by atoms with E-state index < -0.39 is 0 Å². The third kappa shape index (κ3) is 2.78. The van der Waals surface area contributed by atoms with Crippen LogP contribution in [0.5, 0.6) is 23.0 Å². The molecule has 0 fully saturated rings. The van der Waals surface area contributed by atoms with Crippen LogP contribution in [0.25, 0.3) is 6.08 Å². The van der Waals surface area contributed by atoms with Gasteiger partial charge < -0.3 is 24.3 Å². The van der Waals surface area contributed by atoms with Crippen molar-refractivity contribution in [2.75, 3.05) is 18.9 Å². The van der Waals surface area contributed by atoms with Crippen molar-refractivity contribution in [3.63, 3.8) is 0 Å². The van der Waals surface area contributed by atoms with Gasteiger partial charge >= 0.3 is 0 Å². The molecule has 2 aromatic carbocycles. The van der Waals surface area contributed by atoms with Gasteiger partial charge in [0.05, 0.1) is 0 Å². The Morgan fingerprint density at radius 3 is 2.30 bits per heavy atom. The highest BCUT2D eigenvalue weighted by Crippen LogP contribution is 2.34. The summed E-state index contributed by atoms with van der Waals surface area (Å²) in [5, 5.41) is 2.78. The molecule has 0 aliphatic carbocycles. The van der Waals surface area contributed by atoms with Crippen LogP contribution in [0.15, 0.2) is 42.5 Å². The van der Waals surface area contributed by atoms with Crippen LogP contribution in [0, 0.1) is 0 Å². The Balaban J connectivity index is 1.43. The van der Waals surface area contributed by atoms with Crippen molar-refractivity contribution in [1.29, 1.82) is 0 Å². The first kappa shape index (κ1) is 13.5. The third-order valence-electron chi connectivity index (χ3n) is 3.46. The van der Waals surface area contributed by atoms with Crippen molar-refractivity contribution in [2.24, 2.45) is 0 Å². The molecule has 23 heavy (non-hydrogen) atoms. The first-order valence-electron chi connectivity index (χ1n) is 7.06. The number of nitrogens with one attached hydrogen (secondary N) is 1. The maximum absolute atomic E-state index is 12.0. The molecule has 2 aromatic rings. The van der Waals surface area contributed by atoms with Crippen LogP contribution in [0.2, 0.25) is 0 Å². The average molecular weight is 311 g/mol. The quantitative estimate of drug-likeness (QED) is 0.883. The summed E-state index contributed by atoms with van der Waals surface area (Å²) in [6, 6.07) is 10.8. The van der Waals surface area contributed by atoms with Crippen LogP contribution < -0.4 is 24.3 Å². The van der Waals surface area contributed by atoms with Gasteiger partial charge in [-0.05, 0) is 35.9 Å². The maximum atomic E-state index is 12.0. The van der Waals surface area contributed by atoms with Crippen LogP contribution >= 0.6 is 0 Å². The van der Waals surface area contributed by atoms with Crippen molar-refractivity contribution in [3.8, 4) is 23.0 Å². The van der Waals surface area contributed by atoms with Gasteiger partial charge in [-0.1, -0.05) is 6.07 Å². The highest BCUT2D eigenvalue weighted by molar-refractivity contribution is 6.02. The van der Waals surface area contributed by atoms with Gasteiger partial charge in [-0.2, -0.15) is 0 Å². The number of fused-ring (bicyclic) bond motifs is 2. The van der Waals surface area contributed by atoms with Crippen molar-refractivity contribution in [3.05, 3.63) is 48.0 Å². The van der Waals surface area contributed by atoms with Crippen molar-refractivity contribution >= 4 is 17.7 Å². The Bertz CT molecular complexity index is 800. The minimum atomic E-state index is -0.235. The number of hydrogen-bond acceptors (Lipinski definition) is 5. The first-order chi connectivity index (χ1) is 11.3. The van der Waals surface area contributed by atoms with E-state index in [1.54, 1.807) is 24.3 Å². The predicted octanol–water partition coefficient (Wildman–Crippen LogP) is 2.80. The fourth-order valence-electron chi connectivity index (χ4n) is 2.35. The molecular weight excluding hydrogens is 298 g/mol. The molecular formula is C17H13NO5. The number of carbonyl (C=O) groups excluding carboxylic acids is 1. The van der Waals surface area contributed by atoms with Crippen molar-refractivity contribution in [1.82, 2.24) is 0 Å². The molecule has 0 atom stereocenters. The number of rotatable bonds is 3. The van der Waals surface area contributed by atoms with E-state index in [2.05, 4.69) is 5.32 Å².